The fourth-order valence-corrected chi connectivity index (χ4v) is 4.74. The highest BCUT2D eigenvalue weighted by Gasteiger charge is 2.52. The Morgan fingerprint density at radius 3 is 2.41 bits per heavy atom. The molecule has 1 saturated heterocycles. The SMILES string of the molecule is CC(C)(C)[C@@H](NC(=O)C1(N2CCC2=O)CCCC1)[C@H](Oc1ccc(Cl)cc1)n1cncn1. The second kappa shape index (κ2) is 8.73. The maximum atomic E-state index is 13.8. The number of amides is 2. The molecule has 2 atom stereocenters. The lowest BCUT2D eigenvalue weighted by atomic mass is 9.83. The van der Waals surface area contributed by atoms with Crippen molar-refractivity contribution in [3.63, 3.8) is 0 Å². The van der Waals surface area contributed by atoms with Gasteiger partial charge in [0.15, 0.2) is 0 Å². The molecule has 172 valence electrons. The zero-order chi connectivity index (χ0) is 22.9. The molecule has 2 aliphatic rings. The van der Waals surface area contributed by atoms with E-state index < -0.39 is 17.8 Å². The summed E-state index contributed by atoms with van der Waals surface area (Å²) in [5.74, 6) is 0.541. The average Bonchev–Trinajstić information content (AvgIpc) is 3.43. The van der Waals surface area contributed by atoms with E-state index in [0.717, 1.165) is 12.8 Å². The molecule has 2 amide bonds. The van der Waals surface area contributed by atoms with Gasteiger partial charge in [-0.15, -0.1) is 0 Å². The summed E-state index contributed by atoms with van der Waals surface area (Å²) >= 11 is 6.03. The molecule has 4 rings (SSSR count). The van der Waals surface area contributed by atoms with E-state index in [4.69, 9.17) is 16.3 Å². The Bertz CT molecular complexity index is 949. The minimum absolute atomic E-state index is 0.0552. The summed E-state index contributed by atoms with van der Waals surface area (Å²) in [6, 6.07) is 6.63. The Balaban J connectivity index is 1.65. The number of benzene rings is 1. The van der Waals surface area contributed by atoms with Crippen LogP contribution in [0.5, 0.6) is 5.75 Å². The summed E-state index contributed by atoms with van der Waals surface area (Å²) in [6.45, 7) is 6.77. The second-order valence-electron chi connectivity index (χ2n) is 9.69. The second-order valence-corrected chi connectivity index (χ2v) is 10.1. The molecular formula is C23H30ClN5O3. The number of hydrogen-bond acceptors (Lipinski definition) is 5. The third kappa shape index (κ3) is 4.33. The van der Waals surface area contributed by atoms with Crippen molar-refractivity contribution in [3.05, 3.63) is 41.9 Å². The molecule has 32 heavy (non-hydrogen) atoms. The van der Waals surface area contributed by atoms with Crippen molar-refractivity contribution in [3.8, 4) is 5.75 Å². The first-order valence-corrected chi connectivity index (χ1v) is 11.5. The van der Waals surface area contributed by atoms with E-state index in [2.05, 4.69) is 15.4 Å². The molecule has 0 unspecified atom stereocenters. The van der Waals surface area contributed by atoms with Crippen LogP contribution in [0.3, 0.4) is 0 Å². The van der Waals surface area contributed by atoms with E-state index in [-0.39, 0.29) is 17.2 Å². The van der Waals surface area contributed by atoms with Crippen molar-refractivity contribution in [2.45, 2.75) is 70.7 Å². The first kappa shape index (κ1) is 22.6. The van der Waals surface area contributed by atoms with E-state index in [1.165, 1.54) is 6.33 Å². The van der Waals surface area contributed by atoms with Gasteiger partial charge in [-0.3, -0.25) is 9.59 Å². The number of β-lactam (4-membered cyclic amide) rings is 1. The van der Waals surface area contributed by atoms with Crippen LogP contribution in [0.1, 0.15) is 59.1 Å². The van der Waals surface area contributed by atoms with Crippen LogP contribution in [0.2, 0.25) is 5.02 Å². The zero-order valence-corrected chi connectivity index (χ0v) is 19.5. The maximum Gasteiger partial charge on any atom is 0.246 e. The van der Waals surface area contributed by atoms with Crippen LogP contribution in [0.4, 0.5) is 0 Å². The lowest BCUT2D eigenvalue weighted by Crippen LogP contribution is -2.66. The quantitative estimate of drug-likeness (QED) is 0.639. The number of nitrogens with zero attached hydrogens (tertiary/aromatic N) is 4. The summed E-state index contributed by atoms with van der Waals surface area (Å²) in [6.07, 6.45) is 6.14. The molecule has 1 aromatic heterocycles. The molecule has 0 spiro atoms. The van der Waals surface area contributed by atoms with E-state index in [1.54, 1.807) is 40.2 Å². The Hall–Kier alpha value is -2.61. The number of ether oxygens (including phenoxy) is 1. The monoisotopic (exact) mass is 459 g/mol. The van der Waals surface area contributed by atoms with E-state index >= 15 is 0 Å². The molecule has 1 aliphatic heterocycles. The minimum atomic E-state index is -0.772. The van der Waals surface area contributed by atoms with E-state index in [0.29, 0.717) is 36.6 Å². The molecule has 9 heteroatoms. The molecule has 1 saturated carbocycles. The van der Waals surface area contributed by atoms with Gasteiger partial charge in [0.25, 0.3) is 0 Å². The number of halogens is 1. The highest BCUT2D eigenvalue weighted by Crippen LogP contribution is 2.40. The van der Waals surface area contributed by atoms with Gasteiger partial charge < -0.3 is 15.0 Å². The van der Waals surface area contributed by atoms with Gasteiger partial charge in [0, 0.05) is 18.0 Å². The molecule has 2 heterocycles. The largest absolute Gasteiger partial charge is 0.466 e. The summed E-state index contributed by atoms with van der Waals surface area (Å²) < 4.78 is 7.94. The van der Waals surface area contributed by atoms with Crippen LogP contribution in [-0.4, -0.2) is 49.6 Å². The van der Waals surface area contributed by atoms with Gasteiger partial charge in [-0.2, -0.15) is 5.10 Å². The van der Waals surface area contributed by atoms with Crippen molar-refractivity contribution in [1.82, 2.24) is 25.0 Å². The Kier molecular flexibility index (Phi) is 6.16. The number of aromatic nitrogens is 3. The molecule has 0 bridgehead atoms. The molecule has 2 aromatic rings. The van der Waals surface area contributed by atoms with E-state index in [9.17, 15) is 9.59 Å². The number of likely N-dealkylation sites (tertiary alicyclic amines) is 1. The van der Waals surface area contributed by atoms with Gasteiger partial charge in [-0.1, -0.05) is 45.2 Å². The smallest absolute Gasteiger partial charge is 0.246 e. The molecule has 1 N–H and O–H groups in total. The molecule has 1 aromatic carbocycles. The van der Waals surface area contributed by atoms with Crippen LogP contribution < -0.4 is 10.1 Å². The lowest BCUT2D eigenvalue weighted by molar-refractivity contribution is -0.158. The van der Waals surface area contributed by atoms with Gasteiger partial charge in [-0.05, 0) is 42.5 Å². The standard InChI is InChI=1S/C23H30ClN5O3/c1-22(2,3)19(27-21(31)23(11-4-5-12-23)28-13-10-18(28)30)20(29-15-25-14-26-29)32-17-8-6-16(24)7-9-17/h6-9,14-15,19-20H,4-5,10-13H2,1-3H3,(H,27,31)/t19-,20-/m0/s1. The predicted molar refractivity (Wildman–Crippen MR) is 120 cm³/mol. The fraction of sp³-hybridized carbons (Fsp3) is 0.565. The van der Waals surface area contributed by atoms with Gasteiger partial charge in [0.2, 0.25) is 18.0 Å². The van der Waals surface area contributed by atoms with Crippen LogP contribution in [0, 0.1) is 5.41 Å². The zero-order valence-electron chi connectivity index (χ0n) is 18.8. The molecular weight excluding hydrogens is 430 g/mol. The maximum absolute atomic E-state index is 13.8. The highest BCUT2D eigenvalue weighted by atomic mass is 35.5. The van der Waals surface area contributed by atoms with Gasteiger partial charge in [0.1, 0.15) is 23.9 Å². The lowest BCUT2D eigenvalue weighted by Gasteiger charge is -2.47. The Labute approximate surface area is 193 Å². The van der Waals surface area contributed by atoms with Crippen LogP contribution >= 0.6 is 11.6 Å². The van der Waals surface area contributed by atoms with Crippen LogP contribution in [-0.2, 0) is 9.59 Å². The molecule has 8 nitrogen and oxygen atoms in total. The Morgan fingerprint density at radius 2 is 1.91 bits per heavy atom. The van der Waals surface area contributed by atoms with Crippen molar-refractivity contribution >= 4 is 23.4 Å². The van der Waals surface area contributed by atoms with Crippen molar-refractivity contribution in [2.75, 3.05) is 6.54 Å². The Morgan fingerprint density at radius 1 is 1.22 bits per heavy atom. The number of carbonyl (C=O) groups excluding carboxylic acids is 2. The van der Waals surface area contributed by atoms with Crippen molar-refractivity contribution in [1.29, 1.82) is 0 Å². The number of nitrogens with one attached hydrogen (secondary N) is 1. The van der Waals surface area contributed by atoms with Gasteiger partial charge in [0.05, 0.1) is 6.04 Å². The number of rotatable bonds is 7. The molecule has 0 radical (unpaired) electrons. The number of hydrogen-bond donors (Lipinski definition) is 1. The van der Waals surface area contributed by atoms with E-state index in [1.807, 2.05) is 20.8 Å². The summed E-state index contributed by atoms with van der Waals surface area (Å²) in [4.78, 5) is 31.9. The fourth-order valence-electron chi connectivity index (χ4n) is 4.61. The van der Waals surface area contributed by atoms with Gasteiger partial charge >= 0.3 is 0 Å². The van der Waals surface area contributed by atoms with Crippen molar-refractivity contribution < 1.29 is 14.3 Å². The normalized spacial score (nSPS) is 19.9. The third-order valence-electron chi connectivity index (χ3n) is 6.49. The summed E-state index contributed by atoms with van der Waals surface area (Å²) in [5.41, 5.74) is -1.15. The van der Waals surface area contributed by atoms with Crippen molar-refractivity contribution in [2.24, 2.45) is 5.41 Å². The first-order valence-electron chi connectivity index (χ1n) is 11.1. The first-order chi connectivity index (χ1) is 15.2. The summed E-state index contributed by atoms with van der Waals surface area (Å²) in [7, 11) is 0. The number of carbonyl (C=O) groups is 2. The predicted octanol–water partition coefficient (Wildman–Crippen LogP) is 3.59. The third-order valence-corrected chi connectivity index (χ3v) is 6.74. The highest BCUT2D eigenvalue weighted by molar-refractivity contribution is 6.30. The molecule has 2 fully saturated rings. The van der Waals surface area contributed by atoms with Gasteiger partial charge in [-0.25, -0.2) is 9.67 Å². The minimum Gasteiger partial charge on any atom is -0.466 e. The van der Waals surface area contributed by atoms with Crippen LogP contribution in [0.15, 0.2) is 36.9 Å². The average molecular weight is 460 g/mol. The summed E-state index contributed by atoms with van der Waals surface area (Å²) in [5, 5.41) is 8.17. The topological polar surface area (TPSA) is 89.4 Å². The van der Waals surface area contributed by atoms with Crippen LogP contribution in [0.25, 0.3) is 0 Å². The molecule has 1 aliphatic carbocycles.